The van der Waals surface area contributed by atoms with Crippen LogP contribution in [0, 0.1) is 40.4 Å². The number of methoxy groups -OCH3 is 2. The fraction of sp³-hybridized carbons (Fsp3) is 0.920. The van der Waals surface area contributed by atoms with Gasteiger partial charge >= 0.3 is 0 Å². The lowest BCUT2D eigenvalue weighted by molar-refractivity contribution is -0.318. The zero-order chi connectivity index (χ0) is 19.3. The maximum absolute atomic E-state index is 6.25. The Kier molecular flexibility index (Phi) is 5.30. The molecule has 4 aliphatic carbocycles. The van der Waals surface area contributed by atoms with Gasteiger partial charge in [0.05, 0.1) is 0 Å². The predicted molar refractivity (Wildman–Crippen MR) is 111 cm³/mol. The number of ether oxygens (including phenoxy) is 2. The molecule has 2 nitrogen and oxygen atoms in total. The van der Waals surface area contributed by atoms with Crippen molar-refractivity contribution in [3.05, 3.63) is 12.2 Å². The van der Waals surface area contributed by atoms with Gasteiger partial charge < -0.3 is 9.47 Å². The molecule has 2 heteroatoms. The van der Waals surface area contributed by atoms with Crippen LogP contribution in [-0.4, -0.2) is 20.0 Å². The second kappa shape index (κ2) is 7.17. The van der Waals surface area contributed by atoms with E-state index in [4.69, 9.17) is 9.47 Å². The number of hydrogen-bond donors (Lipinski definition) is 0. The molecule has 0 aromatic carbocycles. The van der Waals surface area contributed by atoms with E-state index >= 15 is 0 Å². The topological polar surface area (TPSA) is 18.5 Å². The lowest BCUT2D eigenvalue weighted by atomic mass is 9.43. The normalized spacial score (nSPS) is 48.9. The van der Waals surface area contributed by atoms with E-state index in [-0.39, 0.29) is 5.79 Å². The number of rotatable bonds is 4. The third kappa shape index (κ3) is 2.80. The number of allylic oxidation sites excluding steroid dienone is 2. The van der Waals surface area contributed by atoms with Crippen molar-refractivity contribution in [3.63, 3.8) is 0 Å². The third-order valence-electron chi connectivity index (χ3n) is 10.1. The Labute approximate surface area is 167 Å². The number of hydrogen-bond acceptors (Lipinski definition) is 2. The van der Waals surface area contributed by atoms with Crippen molar-refractivity contribution in [1.82, 2.24) is 0 Å². The Morgan fingerprint density at radius 3 is 2.33 bits per heavy atom. The molecule has 0 saturated heterocycles. The van der Waals surface area contributed by atoms with Crippen LogP contribution < -0.4 is 0 Å². The summed E-state index contributed by atoms with van der Waals surface area (Å²) in [6.07, 6.45) is 18.2. The molecule has 0 aromatic heterocycles. The summed E-state index contributed by atoms with van der Waals surface area (Å²) >= 11 is 0. The van der Waals surface area contributed by atoms with E-state index in [0.717, 1.165) is 30.1 Å². The van der Waals surface area contributed by atoms with Gasteiger partial charge in [-0.15, -0.1) is 0 Å². The van der Waals surface area contributed by atoms with Gasteiger partial charge in [0.1, 0.15) is 0 Å². The molecule has 0 aliphatic heterocycles. The molecule has 0 N–H and O–H groups in total. The SMILES string of the molecule is C/C=C/CC1CCC2C3CC(OC)(OC)C4CCCCC4(C)C3CCC12C. The second-order valence-electron chi connectivity index (χ2n) is 10.7. The Morgan fingerprint density at radius 2 is 1.63 bits per heavy atom. The molecule has 7 unspecified atom stereocenters. The molecule has 0 aromatic rings. The lowest BCUT2D eigenvalue weighted by Crippen LogP contribution is -2.63. The highest BCUT2D eigenvalue weighted by Crippen LogP contribution is 2.69. The van der Waals surface area contributed by atoms with Crippen LogP contribution >= 0.6 is 0 Å². The zero-order valence-electron chi connectivity index (χ0n) is 18.4. The van der Waals surface area contributed by atoms with Crippen LogP contribution in [0.5, 0.6) is 0 Å². The van der Waals surface area contributed by atoms with Crippen molar-refractivity contribution in [2.45, 2.75) is 90.8 Å². The smallest absolute Gasteiger partial charge is 0.171 e. The average Bonchev–Trinajstić information content (AvgIpc) is 3.01. The van der Waals surface area contributed by atoms with Crippen LogP contribution in [-0.2, 0) is 9.47 Å². The summed E-state index contributed by atoms with van der Waals surface area (Å²) in [4.78, 5) is 0. The summed E-state index contributed by atoms with van der Waals surface area (Å²) in [5, 5.41) is 0. The minimum Gasteiger partial charge on any atom is -0.353 e. The first kappa shape index (κ1) is 20.0. The van der Waals surface area contributed by atoms with Crippen molar-refractivity contribution in [2.24, 2.45) is 40.4 Å². The van der Waals surface area contributed by atoms with E-state index in [9.17, 15) is 0 Å². The summed E-state index contributed by atoms with van der Waals surface area (Å²) in [7, 11) is 3.81. The molecule has 0 heterocycles. The Balaban J connectivity index is 1.69. The van der Waals surface area contributed by atoms with Gasteiger partial charge in [-0.2, -0.15) is 0 Å². The largest absolute Gasteiger partial charge is 0.353 e. The van der Waals surface area contributed by atoms with Gasteiger partial charge in [-0.05, 0) is 86.4 Å². The molecule has 4 rings (SSSR count). The summed E-state index contributed by atoms with van der Waals surface area (Å²) in [6, 6.07) is 0. The minimum atomic E-state index is -0.351. The van der Waals surface area contributed by atoms with Crippen LogP contribution in [0.25, 0.3) is 0 Å². The van der Waals surface area contributed by atoms with Crippen molar-refractivity contribution in [1.29, 1.82) is 0 Å². The summed E-state index contributed by atoms with van der Waals surface area (Å²) in [5.41, 5.74) is 0.918. The van der Waals surface area contributed by atoms with Gasteiger partial charge in [-0.25, -0.2) is 0 Å². The highest BCUT2D eigenvalue weighted by atomic mass is 16.7. The Hall–Kier alpha value is -0.340. The molecule has 4 aliphatic rings. The molecule has 0 radical (unpaired) electrons. The molecule has 154 valence electrons. The van der Waals surface area contributed by atoms with Crippen LogP contribution in [0.3, 0.4) is 0 Å². The molecule has 4 fully saturated rings. The standard InChI is InChI=1S/C25H42O2/c1-6-7-10-18-12-13-20-19-17-25(26-4,27-5)22-11-8-9-15-24(22,3)21(19)14-16-23(18,20)2/h6-7,18-22H,8-17H2,1-5H3/b7-6+. The van der Waals surface area contributed by atoms with Gasteiger partial charge in [-0.3, -0.25) is 0 Å². The van der Waals surface area contributed by atoms with Crippen molar-refractivity contribution < 1.29 is 9.47 Å². The molecule has 7 atom stereocenters. The van der Waals surface area contributed by atoms with E-state index in [1.165, 1.54) is 57.8 Å². The van der Waals surface area contributed by atoms with Crippen molar-refractivity contribution in [2.75, 3.05) is 14.2 Å². The van der Waals surface area contributed by atoms with E-state index < -0.39 is 0 Å². The van der Waals surface area contributed by atoms with Gasteiger partial charge in [0.25, 0.3) is 0 Å². The third-order valence-corrected chi connectivity index (χ3v) is 10.1. The van der Waals surface area contributed by atoms with E-state index in [1.807, 2.05) is 14.2 Å². The fourth-order valence-electron chi connectivity index (χ4n) is 8.72. The molecule has 4 saturated carbocycles. The van der Waals surface area contributed by atoms with Crippen LogP contribution in [0.15, 0.2) is 12.2 Å². The monoisotopic (exact) mass is 374 g/mol. The molecular weight excluding hydrogens is 332 g/mol. The summed E-state index contributed by atoms with van der Waals surface area (Å²) in [6.45, 7) is 7.41. The molecular formula is C25H42O2. The molecule has 27 heavy (non-hydrogen) atoms. The van der Waals surface area contributed by atoms with Crippen molar-refractivity contribution in [3.8, 4) is 0 Å². The highest BCUT2D eigenvalue weighted by molar-refractivity contribution is 5.13. The van der Waals surface area contributed by atoms with Gasteiger partial charge in [0.15, 0.2) is 5.79 Å². The summed E-state index contributed by atoms with van der Waals surface area (Å²) < 4.78 is 12.5. The van der Waals surface area contributed by atoms with E-state index in [0.29, 0.717) is 16.7 Å². The van der Waals surface area contributed by atoms with E-state index in [1.54, 1.807) is 0 Å². The Morgan fingerprint density at radius 1 is 0.889 bits per heavy atom. The molecule has 0 bridgehead atoms. The van der Waals surface area contributed by atoms with Crippen LogP contribution in [0.1, 0.15) is 85.0 Å². The molecule has 0 amide bonds. The maximum Gasteiger partial charge on any atom is 0.171 e. The predicted octanol–water partition coefficient (Wildman–Crippen LogP) is 6.60. The summed E-state index contributed by atoms with van der Waals surface area (Å²) in [5.74, 6) is 3.60. The highest BCUT2D eigenvalue weighted by Gasteiger charge is 2.65. The molecule has 0 spiro atoms. The van der Waals surface area contributed by atoms with E-state index in [2.05, 4.69) is 32.9 Å². The lowest BCUT2D eigenvalue weighted by Gasteiger charge is -2.65. The van der Waals surface area contributed by atoms with Crippen LogP contribution in [0.2, 0.25) is 0 Å². The van der Waals surface area contributed by atoms with Gasteiger partial charge in [-0.1, -0.05) is 38.8 Å². The second-order valence-corrected chi connectivity index (χ2v) is 10.7. The first-order valence-corrected chi connectivity index (χ1v) is 11.7. The average molecular weight is 375 g/mol. The maximum atomic E-state index is 6.25. The quantitative estimate of drug-likeness (QED) is 0.407. The zero-order valence-corrected chi connectivity index (χ0v) is 18.4. The number of fused-ring (bicyclic) bond motifs is 5. The Bertz CT molecular complexity index is 565. The minimum absolute atomic E-state index is 0.351. The van der Waals surface area contributed by atoms with Crippen molar-refractivity contribution >= 4 is 0 Å². The first-order valence-electron chi connectivity index (χ1n) is 11.7. The van der Waals surface area contributed by atoms with Crippen LogP contribution in [0.4, 0.5) is 0 Å². The fourth-order valence-corrected chi connectivity index (χ4v) is 8.72. The van der Waals surface area contributed by atoms with Gasteiger partial charge in [0.2, 0.25) is 0 Å². The van der Waals surface area contributed by atoms with Gasteiger partial charge in [0, 0.05) is 26.6 Å². The first-order chi connectivity index (χ1) is 12.9.